The molecule has 1 N–H and O–H groups in total. The number of aryl methyl sites for hydroxylation is 1. The number of hydrogen-bond donors (Lipinski definition) is 1. The second kappa shape index (κ2) is 6.54. The van der Waals surface area contributed by atoms with Gasteiger partial charge in [0.15, 0.2) is 0 Å². The van der Waals surface area contributed by atoms with Gasteiger partial charge in [0, 0.05) is 19.4 Å². The lowest BCUT2D eigenvalue weighted by atomic mass is 10.0. The first-order valence-corrected chi connectivity index (χ1v) is 7.73. The predicted molar refractivity (Wildman–Crippen MR) is 82.9 cm³/mol. The molecule has 2 heterocycles. The van der Waals surface area contributed by atoms with Gasteiger partial charge in [0.05, 0.1) is 10.5 Å². The van der Waals surface area contributed by atoms with Crippen molar-refractivity contribution in [1.82, 2.24) is 9.47 Å². The number of nitrogens with zero attached hydrogens (tertiary/aromatic N) is 2. The van der Waals surface area contributed by atoms with Crippen molar-refractivity contribution in [3.05, 3.63) is 27.1 Å². The van der Waals surface area contributed by atoms with Gasteiger partial charge in [-0.15, -0.1) is 0 Å². The standard InChI is InChI=1S/C14H20BrN3O2/c1-3-18-7-5-4-6-12(18)14(20)16-11-9-17(2)8-10(15)13(11)19/h8-9,12H,3-7H2,1-2H3,(H,16,20)/t12-/m0/s1. The van der Waals surface area contributed by atoms with Gasteiger partial charge in [0.1, 0.15) is 5.69 Å². The molecule has 110 valence electrons. The van der Waals surface area contributed by atoms with Gasteiger partial charge >= 0.3 is 0 Å². The molecule has 1 saturated heterocycles. The van der Waals surface area contributed by atoms with Gasteiger partial charge in [-0.1, -0.05) is 13.3 Å². The van der Waals surface area contributed by atoms with E-state index in [0.29, 0.717) is 10.2 Å². The van der Waals surface area contributed by atoms with Gasteiger partial charge in [-0.3, -0.25) is 14.5 Å². The molecular weight excluding hydrogens is 322 g/mol. The summed E-state index contributed by atoms with van der Waals surface area (Å²) in [5.41, 5.74) is 0.142. The number of nitrogens with one attached hydrogen (secondary N) is 1. The van der Waals surface area contributed by atoms with Crippen molar-refractivity contribution in [1.29, 1.82) is 0 Å². The molecular formula is C14H20BrN3O2. The topological polar surface area (TPSA) is 54.3 Å². The van der Waals surface area contributed by atoms with E-state index in [-0.39, 0.29) is 17.4 Å². The van der Waals surface area contributed by atoms with E-state index in [4.69, 9.17) is 0 Å². The van der Waals surface area contributed by atoms with Crippen LogP contribution in [0, 0.1) is 0 Å². The van der Waals surface area contributed by atoms with E-state index in [2.05, 4.69) is 33.1 Å². The van der Waals surface area contributed by atoms with Crippen LogP contribution in [0.25, 0.3) is 0 Å². The average Bonchev–Trinajstić information content (AvgIpc) is 2.44. The fraction of sp³-hybridized carbons (Fsp3) is 0.571. The maximum atomic E-state index is 12.4. The van der Waals surface area contributed by atoms with Crippen molar-refractivity contribution >= 4 is 27.5 Å². The molecule has 1 amide bonds. The molecule has 1 aromatic rings. The van der Waals surface area contributed by atoms with Gasteiger partial charge in [0.25, 0.3) is 0 Å². The molecule has 0 spiro atoms. The summed E-state index contributed by atoms with van der Waals surface area (Å²) in [6.07, 6.45) is 6.37. The molecule has 0 saturated carbocycles. The van der Waals surface area contributed by atoms with Crippen molar-refractivity contribution in [2.75, 3.05) is 18.4 Å². The lowest BCUT2D eigenvalue weighted by Gasteiger charge is -2.33. The number of hydrogen-bond acceptors (Lipinski definition) is 3. The number of pyridine rings is 1. The summed E-state index contributed by atoms with van der Waals surface area (Å²) in [5, 5.41) is 2.78. The number of anilines is 1. The van der Waals surface area contributed by atoms with Crippen molar-refractivity contribution in [2.45, 2.75) is 32.2 Å². The number of halogens is 1. The second-order valence-corrected chi connectivity index (χ2v) is 6.00. The largest absolute Gasteiger partial charge is 0.354 e. The molecule has 0 radical (unpaired) electrons. The van der Waals surface area contributed by atoms with Crippen LogP contribution in [0.2, 0.25) is 0 Å². The molecule has 20 heavy (non-hydrogen) atoms. The fourth-order valence-corrected chi connectivity index (χ4v) is 3.17. The Labute approximate surface area is 127 Å². The maximum Gasteiger partial charge on any atom is 0.241 e. The molecule has 0 aliphatic carbocycles. The Morgan fingerprint density at radius 1 is 1.45 bits per heavy atom. The van der Waals surface area contributed by atoms with Crippen LogP contribution in [-0.2, 0) is 11.8 Å². The Morgan fingerprint density at radius 3 is 2.90 bits per heavy atom. The predicted octanol–water partition coefficient (Wildman–Crippen LogP) is 1.96. The summed E-state index contributed by atoms with van der Waals surface area (Å²) in [6, 6.07) is -0.127. The lowest BCUT2D eigenvalue weighted by molar-refractivity contribution is -0.122. The highest BCUT2D eigenvalue weighted by Gasteiger charge is 2.27. The molecule has 0 bridgehead atoms. The highest BCUT2D eigenvalue weighted by molar-refractivity contribution is 9.10. The molecule has 0 unspecified atom stereocenters. The van der Waals surface area contributed by atoms with Gasteiger partial charge in [-0.05, 0) is 41.9 Å². The van der Waals surface area contributed by atoms with Crippen molar-refractivity contribution in [3.63, 3.8) is 0 Å². The second-order valence-electron chi connectivity index (χ2n) is 5.14. The third kappa shape index (κ3) is 3.30. The zero-order valence-electron chi connectivity index (χ0n) is 11.9. The SMILES string of the molecule is CCN1CCCC[C@H]1C(=O)Nc1cn(C)cc(Br)c1=O. The average molecular weight is 342 g/mol. The zero-order valence-corrected chi connectivity index (χ0v) is 13.4. The molecule has 2 rings (SSSR count). The number of piperidine rings is 1. The monoisotopic (exact) mass is 341 g/mol. The number of amides is 1. The summed E-state index contributed by atoms with van der Waals surface area (Å²) in [5.74, 6) is -0.0817. The number of aromatic nitrogens is 1. The van der Waals surface area contributed by atoms with Gasteiger partial charge in [-0.2, -0.15) is 0 Å². The van der Waals surface area contributed by atoms with Crippen LogP contribution in [-0.4, -0.2) is 34.5 Å². The summed E-state index contributed by atoms with van der Waals surface area (Å²) >= 11 is 3.21. The van der Waals surface area contributed by atoms with Crippen LogP contribution in [0.15, 0.2) is 21.7 Å². The summed E-state index contributed by atoms with van der Waals surface area (Å²) in [6.45, 7) is 3.86. The van der Waals surface area contributed by atoms with Crippen molar-refractivity contribution in [2.24, 2.45) is 7.05 Å². The highest BCUT2D eigenvalue weighted by Crippen LogP contribution is 2.18. The molecule has 1 aliphatic rings. The van der Waals surface area contributed by atoms with Crippen LogP contribution >= 0.6 is 15.9 Å². The Morgan fingerprint density at radius 2 is 2.20 bits per heavy atom. The molecule has 1 atom stereocenters. The van der Waals surface area contributed by atoms with Gasteiger partial charge in [-0.25, -0.2) is 0 Å². The minimum atomic E-state index is -0.185. The zero-order chi connectivity index (χ0) is 14.7. The third-order valence-electron chi connectivity index (χ3n) is 3.69. The van der Waals surface area contributed by atoms with E-state index in [1.54, 1.807) is 17.0 Å². The molecule has 5 nitrogen and oxygen atoms in total. The number of likely N-dealkylation sites (tertiary alicyclic amines) is 1. The summed E-state index contributed by atoms with van der Waals surface area (Å²) in [4.78, 5) is 26.6. The third-order valence-corrected chi connectivity index (χ3v) is 4.26. The maximum absolute atomic E-state index is 12.4. The lowest BCUT2D eigenvalue weighted by Crippen LogP contribution is -2.47. The minimum Gasteiger partial charge on any atom is -0.354 e. The van der Waals surface area contributed by atoms with Crippen LogP contribution in [0.3, 0.4) is 0 Å². The fourth-order valence-electron chi connectivity index (χ4n) is 2.64. The normalized spacial score (nSPS) is 19.9. The molecule has 0 aromatic carbocycles. The Balaban J connectivity index is 2.17. The van der Waals surface area contributed by atoms with E-state index < -0.39 is 0 Å². The molecule has 1 fully saturated rings. The Bertz CT molecular complexity index is 556. The van der Waals surface area contributed by atoms with Crippen LogP contribution in [0.1, 0.15) is 26.2 Å². The minimum absolute atomic E-state index is 0.0817. The van der Waals surface area contributed by atoms with Crippen molar-refractivity contribution in [3.8, 4) is 0 Å². The smallest absolute Gasteiger partial charge is 0.241 e. The first-order valence-electron chi connectivity index (χ1n) is 6.93. The van der Waals surface area contributed by atoms with E-state index >= 15 is 0 Å². The van der Waals surface area contributed by atoms with Gasteiger partial charge in [0.2, 0.25) is 11.3 Å². The summed E-state index contributed by atoms with van der Waals surface area (Å²) in [7, 11) is 1.82. The highest BCUT2D eigenvalue weighted by atomic mass is 79.9. The molecule has 6 heteroatoms. The van der Waals surface area contributed by atoms with Crippen LogP contribution < -0.4 is 10.7 Å². The Kier molecular flexibility index (Phi) is 4.99. The first kappa shape index (κ1) is 15.3. The van der Waals surface area contributed by atoms with E-state index in [1.807, 2.05) is 7.05 Å². The van der Waals surface area contributed by atoms with Crippen LogP contribution in [0.4, 0.5) is 5.69 Å². The quantitative estimate of drug-likeness (QED) is 0.914. The first-order chi connectivity index (χ1) is 9.52. The molecule has 1 aromatic heterocycles. The molecule has 1 aliphatic heterocycles. The number of carbonyl (C=O) groups is 1. The summed E-state index contributed by atoms with van der Waals surface area (Å²) < 4.78 is 2.20. The Hall–Kier alpha value is -1.14. The van der Waals surface area contributed by atoms with E-state index in [9.17, 15) is 9.59 Å². The number of rotatable bonds is 3. The number of likely N-dealkylation sites (N-methyl/N-ethyl adjacent to an activating group) is 1. The van der Waals surface area contributed by atoms with E-state index in [0.717, 1.165) is 32.4 Å². The van der Waals surface area contributed by atoms with E-state index in [1.165, 1.54) is 0 Å². The van der Waals surface area contributed by atoms with Crippen LogP contribution in [0.5, 0.6) is 0 Å². The number of carbonyl (C=O) groups excluding carboxylic acids is 1. The van der Waals surface area contributed by atoms with Crippen molar-refractivity contribution < 1.29 is 4.79 Å². The van der Waals surface area contributed by atoms with Gasteiger partial charge < -0.3 is 9.88 Å².